The lowest BCUT2D eigenvalue weighted by atomic mass is 10.1. The molecule has 0 aromatic carbocycles. The number of hydrogen-bond acceptors (Lipinski definition) is 5. The molecule has 1 heterocycles. The summed E-state index contributed by atoms with van der Waals surface area (Å²) in [6.07, 6.45) is 3.02. The molecule has 0 aliphatic heterocycles. The van der Waals surface area contributed by atoms with Crippen LogP contribution in [0, 0.1) is 0 Å². The highest BCUT2D eigenvalue weighted by atomic mass is 32.2. The maximum atomic E-state index is 12.0. The molecule has 5 nitrogen and oxygen atoms in total. The van der Waals surface area contributed by atoms with E-state index in [1.54, 1.807) is 17.8 Å². The molecule has 6 heteroatoms. The van der Waals surface area contributed by atoms with Gasteiger partial charge in [-0.2, -0.15) is 11.8 Å². The van der Waals surface area contributed by atoms with Crippen LogP contribution in [0.25, 0.3) is 0 Å². The molecule has 1 aromatic rings. The number of amides is 1. The highest BCUT2D eigenvalue weighted by Crippen LogP contribution is 2.17. The molecule has 1 aromatic heterocycles. The van der Waals surface area contributed by atoms with Crippen molar-refractivity contribution in [2.75, 3.05) is 24.0 Å². The number of carbonyl (C=O) groups is 1. The van der Waals surface area contributed by atoms with E-state index in [2.05, 4.69) is 22.0 Å². The molecule has 0 spiro atoms. The third kappa shape index (κ3) is 5.08. The molecule has 0 bridgehead atoms. The molecule has 106 valence electrons. The van der Waals surface area contributed by atoms with Crippen molar-refractivity contribution in [1.82, 2.24) is 10.3 Å². The third-order valence-corrected chi connectivity index (χ3v) is 3.35. The van der Waals surface area contributed by atoms with Gasteiger partial charge in [-0.05, 0) is 36.5 Å². The minimum absolute atomic E-state index is 0.0816. The maximum absolute atomic E-state index is 12.0. The van der Waals surface area contributed by atoms with Crippen LogP contribution in [0.15, 0.2) is 12.1 Å². The quantitative estimate of drug-likeness (QED) is 0.405. The van der Waals surface area contributed by atoms with E-state index >= 15 is 0 Å². The summed E-state index contributed by atoms with van der Waals surface area (Å²) in [7, 11) is 0. The molecule has 0 unspecified atom stereocenters. The number of nitrogen functional groups attached to an aromatic ring is 1. The van der Waals surface area contributed by atoms with Crippen molar-refractivity contribution in [2.24, 2.45) is 5.84 Å². The molecule has 0 saturated heterocycles. The fraction of sp³-hybridized carbons (Fsp3) is 0.538. The number of anilines is 1. The van der Waals surface area contributed by atoms with Gasteiger partial charge in [-0.1, -0.05) is 13.8 Å². The second-order valence-electron chi connectivity index (χ2n) is 4.57. The van der Waals surface area contributed by atoms with Crippen LogP contribution in [0.1, 0.15) is 42.2 Å². The van der Waals surface area contributed by atoms with Crippen LogP contribution in [0.3, 0.4) is 0 Å². The number of hydrogen-bond donors (Lipinski definition) is 3. The number of nitrogens with one attached hydrogen (secondary N) is 2. The summed E-state index contributed by atoms with van der Waals surface area (Å²) in [6, 6.07) is 3.48. The van der Waals surface area contributed by atoms with Gasteiger partial charge in [-0.25, -0.2) is 10.8 Å². The molecule has 19 heavy (non-hydrogen) atoms. The number of thioether (sulfide) groups is 1. The van der Waals surface area contributed by atoms with Crippen molar-refractivity contribution in [3.8, 4) is 0 Å². The first kappa shape index (κ1) is 15.8. The Hall–Kier alpha value is -1.27. The van der Waals surface area contributed by atoms with Crippen LogP contribution in [0.2, 0.25) is 0 Å². The summed E-state index contributed by atoms with van der Waals surface area (Å²) in [5.41, 5.74) is 3.94. The molecular formula is C13H22N4OS. The number of rotatable bonds is 7. The Bertz CT molecular complexity index is 423. The molecule has 4 N–H and O–H groups in total. The minimum Gasteiger partial charge on any atom is -0.352 e. The molecule has 1 amide bonds. The second-order valence-corrected chi connectivity index (χ2v) is 5.55. The van der Waals surface area contributed by atoms with E-state index in [9.17, 15) is 4.79 Å². The van der Waals surface area contributed by atoms with Gasteiger partial charge in [0.15, 0.2) is 0 Å². The van der Waals surface area contributed by atoms with Gasteiger partial charge in [0, 0.05) is 17.8 Å². The molecule has 0 radical (unpaired) electrons. The van der Waals surface area contributed by atoms with Gasteiger partial charge in [-0.15, -0.1) is 0 Å². The molecule has 0 atom stereocenters. The summed E-state index contributed by atoms with van der Waals surface area (Å²) in [6.45, 7) is 4.75. The average Bonchev–Trinajstić information content (AvgIpc) is 2.42. The Morgan fingerprint density at radius 1 is 1.47 bits per heavy atom. The Morgan fingerprint density at radius 3 is 2.79 bits per heavy atom. The summed E-state index contributed by atoms with van der Waals surface area (Å²) < 4.78 is 0. The van der Waals surface area contributed by atoms with Gasteiger partial charge in [-0.3, -0.25) is 4.79 Å². The van der Waals surface area contributed by atoms with Crippen LogP contribution in [0.4, 0.5) is 5.82 Å². The van der Waals surface area contributed by atoms with E-state index in [0.29, 0.717) is 17.9 Å². The first-order valence-electron chi connectivity index (χ1n) is 6.34. The van der Waals surface area contributed by atoms with Crippen molar-refractivity contribution in [2.45, 2.75) is 26.2 Å². The van der Waals surface area contributed by atoms with Crippen LogP contribution in [-0.4, -0.2) is 29.4 Å². The first-order valence-corrected chi connectivity index (χ1v) is 7.73. The van der Waals surface area contributed by atoms with Crippen molar-refractivity contribution in [3.63, 3.8) is 0 Å². The fourth-order valence-electron chi connectivity index (χ4n) is 1.57. The van der Waals surface area contributed by atoms with Gasteiger partial charge in [0.25, 0.3) is 5.91 Å². The Kier molecular flexibility index (Phi) is 6.66. The Balaban J connectivity index is 2.75. The summed E-state index contributed by atoms with van der Waals surface area (Å²) in [4.78, 5) is 16.4. The Labute approximate surface area is 118 Å². The van der Waals surface area contributed by atoms with Gasteiger partial charge in [0.1, 0.15) is 5.82 Å². The average molecular weight is 282 g/mol. The predicted molar refractivity (Wildman–Crippen MR) is 81.5 cm³/mol. The predicted octanol–water partition coefficient (Wildman–Crippen LogP) is 1.97. The lowest BCUT2D eigenvalue weighted by Crippen LogP contribution is -2.25. The molecule has 1 rings (SSSR count). The number of carbonyl (C=O) groups excluding carboxylic acids is 1. The maximum Gasteiger partial charge on any atom is 0.251 e. The van der Waals surface area contributed by atoms with Gasteiger partial charge in [0.2, 0.25) is 0 Å². The Morgan fingerprint density at radius 2 is 2.21 bits per heavy atom. The van der Waals surface area contributed by atoms with E-state index in [1.807, 2.05) is 19.9 Å². The molecular weight excluding hydrogens is 260 g/mol. The zero-order valence-electron chi connectivity index (χ0n) is 11.7. The normalized spacial score (nSPS) is 10.6. The lowest BCUT2D eigenvalue weighted by Gasteiger charge is -2.11. The number of aromatic nitrogens is 1. The summed E-state index contributed by atoms with van der Waals surface area (Å²) in [5.74, 6) is 7.11. The largest absolute Gasteiger partial charge is 0.352 e. The topological polar surface area (TPSA) is 80.0 Å². The SMILES string of the molecule is CSCCCNC(=O)c1cc(NN)nc(C(C)C)c1. The van der Waals surface area contributed by atoms with E-state index in [4.69, 9.17) is 5.84 Å². The second kappa shape index (κ2) is 8.01. The standard InChI is InChI=1S/C13H22N4OS/c1-9(2)11-7-10(8-12(16-11)17-14)13(18)15-5-4-6-19-3/h7-9H,4-6,14H2,1-3H3,(H,15,18)(H,16,17). The van der Waals surface area contributed by atoms with E-state index in [-0.39, 0.29) is 11.8 Å². The summed E-state index contributed by atoms with van der Waals surface area (Å²) >= 11 is 1.77. The summed E-state index contributed by atoms with van der Waals surface area (Å²) in [5, 5.41) is 2.90. The van der Waals surface area contributed by atoms with Gasteiger partial charge in [0.05, 0.1) is 0 Å². The monoisotopic (exact) mass is 282 g/mol. The van der Waals surface area contributed by atoms with Crippen LogP contribution in [0.5, 0.6) is 0 Å². The highest BCUT2D eigenvalue weighted by molar-refractivity contribution is 7.98. The van der Waals surface area contributed by atoms with Crippen LogP contribution in [-0.2, 0) is 0 Å². The number of hydrazine groups is 1. The third-order valence-electron chi connectivity index (χ3n) is 2.66. The minimum atomic E-state index is -0.0816. The van der Waals surface area contributed by atoms with E-state index in [0.717, 1.165) is 17.9 Å². The van der Waals surface area contributed by atoms with Gasteiger partial charge < -0.3 is 10.7 Å². The number of nitrogens with zero attached hydrogens (tertiary/aromatic N) is 1. The highest BCUT2D eigenvalue weighted by Gasteiger charge is 2.11. The molecule has 0 saturated carbocycles. The van der Waals surface area contributed by atoms with Crippen molar-refractivity contribution in [3.05, 3.63) is 23.4 Å². The van der Waals surface area contributed by atoms with Crippen molar-refractivity contribution in [1.29, 1.82) is 0 Å². The molecule has 0 fully saturated rings. The number of nitrogens with two attached hydrogens (primary N) is 1. The number of pyridine rings is 1. The molecule has 0 aliphatic rings. The van der Waals surface area contributed by atoms with Crippen LogP contribution < -0.4 is 16.6 Å². The van der Waals surface area contributed by atoms with E-state index < -0.39 is 0 Å². The molecule has 0 aliphatic carbocycles. The zero-order valence-corrected chi connectivity index (χ0v) is 12.5. The smallest absolute Gasteiger partial charge is 0.251 e. The fourth-order valence-corrected chi connectivity index (χ4v) is 2.01. The lowest BCUT2D eigenvalue weighted by molar-refractivity contribution is 0.0953. The van der Waals surface area contributed by atoms with Crippen LogP contribution >= 0.6 is 11.8 Å². The van der Waals surface area contributed by atoms with Crippen molar-refractivity contribution >= 4 is 23.5 Å². The van der Waals surface area contributed by atoms with E-state index in [1.165, 1.54) is 0 Å². The zero-order chi connectivity index (χ0) is 14.3. The van der Waals surface area contributed by atoms with Gasteiger partial charge >= 0.3 is 0 Å². The first-order chi connectivity index (χ1) is 9.08. The van der Waals surface area contributed by atoms with Crippen molar-refractivity contribution < 1.29 is 4.79 Å².